The standard InChI is InChI=1S/C15H26O4/c1-6-17-11-10-15(12-16-5)9-8-13(3)19-14(4)18-7-2/h8-11,14H,6-7,12H2,1-5H3/b11-10+,13-8+,15-9+. The summed E-state index contributed by atoms with van der Waals surface area (Å²) in [7, 11) is 1.66. The maximum atomic E-state index is 5.54. The molecule has 1 unspecified atom stereocenters. The van der Waals surface area contributed by atoms with Crippen LogP contribution in [0.4, 0.5) is 0 Å². The summed E-state index contributed by atoms with van der Waals surface area (Å²) in [5.41, 5.74) is 1.00. The molecule has 0 bridgehead atoms. The minimum atomic E-state index is -0.237. The van der Waals surface area contributed by atoms with Gasteiger partial charge in [-0.25, -0.2) is 0 Å². The van der Waals surface area contributed by atoms with E-state index in [1.807, 2.05) is 45.9 Å². The Morgan fingerprint density at radius 3 is 2.47 bits per heavy atom. The highest BCUT2D eigenvalue weighted by Gasteiger charge is 2.00. The molecular formula is C15H26O4. The smallest absolute Gasteiger partial charge is 0.196 e. The second kappa shape index (κ2) is 11.8. The van der Waals surface area contributed by atoms with Crippen molar-refractivity contribution in [1.29, 1.82) is 0 Å². The van der Waals surface area contributed by atoms with Crippen molar-refractivity contribution >= 4 is 0 Å². The van der Waals surface area contributed by atoms with Gasteiger partial charge in [0.2, 0.25) is 0 Å². The summed E-state index contributed by atoms with van der Waals surface area (Å²) in [4.78, 5) is 0. The normalized spacial score (nSPS) is 14.8. The zero-order chi connectivity index (χ0) is 14.5. The molecule has 0 aliphatic heterocycles. The van der Waals surface area contributed by atoms with E-state index < -0.39 is 0 Å². The van der Waals surface area contributed by atoms with Crippen LogP contribution in [0, 0.1) is 0 Å². The molecular weight excluding hydrogens is 244 g/mol. The highest BCUT2D eigenvalue weighted by Crippen LogP contribution is 2.06. The third-order valence-electron chi connectivity index (χ3n) is 2.14. The van der Waals surface area contributed by atoms with Crippen LogP contribution in [-0.4, -0.2) is 33.2 Å². The van der Waals surface area contributed by atoms with Crippen molar-refractivity contribution in [3.05, 3.63) is 35.8 Å². The first-order valence-corrected chi connectivity index (χ1v) is 6.56. The quantitative estimate of drug-likeness (QED) is 0.346. The van der Waals surface area contributed by atoms with E-state index in [0.717, 1.165) is 11.3 Å². The molecule has 0 aromatic carbocycles. The molecule has 0 aliphatic rings. The summed E-state index contributed by atoms with van der Waals surface area (Å²) >= 11 is 0. The first-order valence-electron chi connectivity index (χ1n) is 6.56. The van der Waals surface area contributed by atoms with Gasteiger partial charge in [0.25, 0.3) is 0 Å². The molecule has 0 saturated carbocycles. The van der Waals surface area contributed by atoms with E-state index >= 15 is 0 Å². The molecule has 19 heavy (non-hydrogen) atoms. The van der Waals surface area contributed by atoms with E-state index in [4.69, 9.17) is 18.9 Å². The number of allylic oxidation sites excluding steroid dienone is 3. The fourth-order valence-corrected chi connectivity index (χ4v) is 1.34. The second-order valence-electron chi connectivity index (χ2n) is 3.85. The van der Waals surface area contributed by atoms with Gasteiger partial charge in [-0.2, -0.15) is 0 Å². The van der Waals surface area contributed by atoms with Gasteiger partial charge in [-0.3, -0.25) is 0 Å². The summed E-state index contributed by atoms with van der Waals surface area (Å²) in [6.07, 6.45) is 7.13. The number of ether oxygens (including phenoxy) is 4. The van der Waals surface area contributed by atoms with E-state index in [1.54, 1.807) is 13.4 Å². The second-order valence-corrected chi connectivity index (χ2v) is 3.85. The van der Waals surface area contributed by atoms with Gasteiger partial charge in [0.15, 0.2) is 6.29 Å². The van der Waals surface area contributed by atoms with Crippen LogP contribution in [0.5, 0.6) is 0 Å². The molecule has 110 valence electrons. The first kappa shape index (κ1) is 17.7. The molecule has 0 rings (SSSR count). The van der Waals surface area contributed by atoms with Gasteiger partial charge in [0, 0.05) is 13.7 Å². The zero-order valence-corrected chi connectivity index (χ0v) is 12.6. The predicted octanol–water partition coefficient (Wildman–Crippen LogP) is 3.41. The topological polar surface area (TPSA) is 36.9 Å². The van der Waals surface area contributed by atoms with Gasteiger partial charge in [0.05, 0.1) is 25.2 Å². The highest BCUT2D eigenvalue weighted by atomic mass is 16.7. The van der Waals surface area contributed by atoms with Gasteiger partial charge >= 0.3 is 0 Å². The summed E-state index contributed by atoms with van der Waals surface area (Å²) < 4.78 is 21.1. The van der Waals surface area contributed by atoms with Crippen LogP contribution in [0.15, 0.2) is 35.8 Å². The number of hydrogen-bond acceptors (Lipinski definition) is 4. The molecule has 1 atom stereocenters. The number of methoxy groups -OCH3 is 1. The van der Waals surface area contributed by atoms with Gasteiger partial charge in [-0.15, -0.1) is 0 Å². The van der Waals surface area contributed by atoms with Crippen molar-refractivity contribution in [2.45, 2.75) is 34.0 Å². The van der Waals surface area contributed by atoms with Crippen molar-refractivity contribution in [3.8, 4) is 0 Å². The van der Waals surface area contributed by atoms with Crippen molar-refractivity contribution in [1.82, 2.24) is 0 Å². The Morgan fingerprint density at radius 1 is 1.16 bits per heavy atom. The largest absolute Gasteiger partial charge is 0.501 e. The SMILES string of the molecule is CCO/C=C/C(=C\C=C(/C)OC(C)OCC)COC. The van der Waals surface area contributed by atoms with E-state index in [9.17, 15) is 0 Å². The van der Waals surface area contributed by atoms with Crippen LogP contribution in [0.3, 0.4) is 0 Å². The maximum Gasteiger partial charge on any atom is 0.196 e. The van der Waals surface area contributed by atoms with Gasteiger partial charge in [-0.05, 0) is 45.4 Å². The van der Waals surface area contributed by atoms with E-state index in [-0.39, 0.29) is 6.29 Å². The molecule has 0 aromatic heterocycles. The molecule has 0 heterocycles. The Balaban J connectivity index is 4.47. The minimum Gasteiger partial charge on any atom is -0.501 e. The van der Waals surface area contributed by atoms with Crippen LogP contribution in [0.25, 0.3) is 0 Å². The van der Waals surface area contributed by atoms with Crippen molar-refractivity contribution in [2.75, 3.05) is 26.9 Å². The van der Waals surface area contributed by atoms with Crippen LogP contribution >= 0.6 is 0 Å². The Bertz CT molecular complexity index is 305. The Labute approximate surface area is 116 Å². The lowest BCUT2D eigenvalue weighted by atomic mass is 10.2. The summed E-state index contributed by atoms with van der Waals surface area (Å²) in [6, 6.07) is 0. The molecule has 4 heteroatoms. The predicted molar refractivity (Wildman–Crippen MR) is 76.7 cm³/mol. The number of rotatable bonds is 10. The molecule has 0 radical (unpaired) electrons. The van der Waals surface area contributed by atoms with Crippen molar-refractivity contribution in [3.63, 3.8) is 0 Å². The van der Waals surface area contributed by atoms with Gasteiger partial charge in [-0.1, -0.05) is 6.08 Å². The summed E-state index contributed by atoms with van der Waals surface area (Å²) in [6.45, 7) is 9.45. The average Bonchev–Trinajstić information content (AvgIpc) is 2.36. The zero-order valence-electron chi connectivity index (χ0n) is 12.6. The Hall–Kier alpha value is -1.26. The molecule has 0 spiro atoms. The maximum absolute atomic E-state index is 5.54. The number of hydrogen-bond donors (Lipinski definition) is 0. The summed E-state index contributed by atoms with van der Waals surface area (Å²) in [5.74, 6) is 0.791. The van der Waals surface area contributed by atoms with Gasteiger partial charge in [0.1, 0.15) is 0 Å². The molecule has 4 nitrogen and oxygen atoms in total. The highest BCUT2D eigenvalue weighted by molar-refractivity contribution is 5.24. The molecule has 0 N–H and O–H groups in total. The van der Waals surface area contributed by atoms with E-state index in [1.165, 1.54) is 0 Å². The van der Waals surface area contributed by atoms with Crippen LogP contribution in [-0.2, 0) is 18.9 Å². The lowest BCUT2D eigenvalue weighted by Gasteiger charge is -2.14. The summed E-state index contributed by atoms with van der Waals surface area (Å²) in [5, 5.41) is 0. The van der Waals surface area contributed by atoms with Crippen LogP contribution < -0.4 is 0 Å². The Kier molecular flexibility index (Phi) is 11.0. The molecule has 0 saturated heterocycles. The first-order chi connectivity index (χ1) is 9.13. The fourth-order valence-electron chi connectivity index (χ4n) is 1.34. The molecule has 0 fully saturated rings. The molecule has 0 aliphatic carbocycles. The third kappa shape index (κ3) is 10.4. The van der Waals surface area contributed by atoms with Crippen molar-refractivity contribution in [2.24, 2.45) is 0 Å². The van der Waals surface area contributed by atoms with Crippen LogP contribution in [0.2, 0.25) is 0 Å². The lowest BCUT2D eigenvalue weighted by molar-refractivity contribution is -0.0984. The Morgan fingerprint density at radius 2 is 1.89 bits per heavy atom. The minimum absolute atomic E-state index is 0.237. The van der Waals surface area contributed by atoms with E-state index in [0.29, 0.717) is 19.8 Å². The average molecular weight is 270 g/mol. The molecule has 0 aromatic rings. The lowest BCUT2D eigenvalue weighted by Crippen LogP contribution is -2.11. The van der Waals surface area contributed by atoms with Gasteiger partial charge < -0.3 is 18.9 Å². The monoisotopic (exact) mass is 270 g/mol. The third-order valence-corrected chi connectivity index (χ3v) is 2.14. The van der Waals surface area contributed by atoms with Crippen molar-refractivity contribution < 1.29 is 18.9 Å². The van der Waals surface area contributed by atoms with Crippen LogP contribution in [0.1, 0.15) is 27.7 Å². The fraction of sp³-hybridized carbons (Fsp3) is 0.600. The molecule has 0 amide bonds. The van der Waals surface area contributed by atoms with E-state index in [2.05, 4.69) is 0 Å².